The van der Waals surface area contributed by atoms with E-state index in [0.717, 1.165) is 51.4 Å². The second-order valence-corrected chi connectivity index (χ2v) is 17.4. The Morgan fingerprint density at radius 3 is 2.25 bits per heavy atom. The lowest BCUT2D eigenvalue weighted by atomic mass is 9.33. The zero-order chi connectivity index (χ0) is 32.5. The molecule has 0 aromatic carbocycles. The third kappa shape index (κ3) is 5.05. The van der Waals surface area contributed by atoms with Crippen LogP contribution < -0.4 is 10.6 Å². The summed E-state index contributed by atoms with van der Waals surface area (Å²) < 4.78 is 0. The molecule has 8 nitrogen and oxygen atoms in total. The van der Waals surface area contributed by atoms with Crippen molar-refractivity contribution in [3.63, 3.8) is 0 Å². The lowest BCUT2D eigenvalue weighted by molar-refractivity contribution is -0.231. The molecule has 4 saturated carbocycles. The van der Waals surface area contributed by atoms with Crippen molar-refractivity contribution in [1.82, 2.24) is 10.6 Å². The number of hydrogen-bond acceptors (Lipinski definition) is 5. The highest BCUT2D eigenvalue weighted by Gasteiger charge is 2.69. The van der Waals surface area contributed by atoms with Gasteiger partial charge in [0.2, 0.25) is 11.8 Å². The number of amides is 2. The number of carboxylic acids is 1. The van der Waals surface area contributed by atoms with Crippen molar-refractivity contribution in [2.45, 2.75) is 131 Å². The molecular weight excluding hydrogens is 556 g/mol. The number of rotatable bonds is 7. The van der Waals surface area contributed by atoms with Gasteiger partial charge in [0.25, 0.3) is 0 Å². The van der Waals surface area contributed by atoms with Gasteiger partial charge in [0, 0.05) is 13.0 Å². The average Bonchev–Trinajstić information content (AvgIpc) is 2.93. The molecule has 0 bridgehead atoms. The average molecular weight is 615 g/mol. The van der Waals surface area contributed by atoms with Gasteiger partial charge in [0.15, 0.2) is 0 Å². The zero-order valence-electron chi connectivity index (χ0n) is 28.2. The maximum absolute atomic E-state index is 14.2. The fourth-order valence-corrected chi connectivity index (χ4v) is 11.7. The SMILES string of the molecule is CC1(C)CC[C@]2(C(=O)NCCCC(=O)NCC(=O)O)CC[C@]3(C)C(=CC[C@@H]4[C@@]5(C)C[C@@H](O)[C@H](O)C(C)(C)[C@@H]5CC[C@]43C)[C@@H]2C1. The quantitative estimate of drug-likeness (QED) is 0.197. The topological polar surface area (TPSA) is 136 Å². The molecule has 8 heteroatoms. The highest BCUT2D eigenvalue weighted by molar-refractivity contribution is 5.84. The third-order valence-corrected chi connectivity index (χ3v) is 14.3. The number of hydrogen-bond donors (Lipinski definition) is 5. The fraction of sp³-hybridized carbons (Fsp3) is 0.861. The predicted molar refractivity (Wildman–Crippen MR) is 169 cm³/mol. The van der Waals surface area contributed by atoms with Crippen molar-refractivity contribution in [2.75, 3.05) is 13.1 Å². The fourth-order valence-electron chi connectivity index (χ4n) is 11.7. The Labute approximate surface area is 264 Å². The van der Waals surface area contributed by atoms with Gasteiger partial charge < -0.3 is 26.0 Å². The normalized spacial score (nSPS) is 43.7. The van der Waals surface area contributed by atoms with Gasteiger partial charge in [0.1, 0.15) is 6.54 Å². The van der Waals surface area contributed by atoms with Crippen LogP contribution in [0.4, 0.5) is 0 Å². The van der Waals surface area contributed by atoms with Crippen LogP contribution in [0.5, 0.6) is 0 Å². The molecule has 248 valence electrons. The number of aliphatic carboxylic acids is 1. The molecule has 0 aromatic heterocycles. The summed E-state index contributed by atoms with van der Waals surface area (Å²) in [7, 11) is 0. The summed E-state index contributed by atoms with van der Waals surface area (Å²) in [6.07, 6.45) is 10.2. The minimum Gasteiger partial charge on any atom is -0.480 e. The number of aliphatic hydroxyl groups excluding tert-OH is 2. The van der Waals surface area contributed by atoms with E-state index in [9.17, 15) is 24.6 Å². The molecule has 0 radical (unpaired) electrons. The van der Waals surface area contributed by atoms with Crippen LogP contribution in [0, 0.1) is 50.2 Å². The Kier molecular flexibility index (Phi) is 8.44. The zero-order valence-corrected chi connectivity index (χ0v) is 28.2. The van der Waals surface area contributed by atoms with Gasteiger partial charge in [-0.25, -0.2) is 0 Å². The van der Waals surface area contributed by atoms with Crippen LogP contribution in [-0.4, -0.2) is 58.4 Å². The van der Waals surface area contributed by atoms with Gasteiger partial charge in [0.05, 0.1) is 17.6 Å². The summed E-state index contributed by atoms with van der Waals surface area (Å²) in [6, 6.07) is 0. The number of carbonyl (C=O) groups is 3. The maximum Gasteiger partial charge on any atom is 0.322 e. The summed E-state index contributed by atoms with van der Waals surface area (Å²) in [4.78, 5) is 36.9. The Hall–Kier alpha value is -1.93. The first-order valence-corrected chi connectivity index (χ1v) is 17.2. The number of aliphatic hydroxyl groups is 2. The van der Waals surface area contributed by atoms with E-state index in [2.05, 4.69) is 65.2 Å². The van der Waals surface area contributed by atoms with Gasteiger partial charge in [-0.3, -0.25) is 14.4 Å². The van der Waals surface area contributed by atoms with E-state index in [0.29, 0.717) is 31.2 Å². The van der Waals surface area contributed by atoms with E-state index in [1.165, 1.54) is 5.57 Å². The van der Waals surface area contributed by atoms with Gasteiger partial charge in [-0.15, -0.1) is 0 Å². The Balaban J connectivity index is 1.41. The highest BCUT2D eigenvalue weighted by atomic mass is 16.4. The van der Waals surface area contributed by atoms with Crippen LogP contribution in [-0.2, 0) is 14.4 Å². The summed E-state index contributed by atoms with van der Waals surface area (Å²) in [5.74, 6) is -0.358. The van der Waals surface area contributed by atoms with Crippen molar-refractivity contribution in [3.05, 3.63) is 11.6 Å². The van der Waals surface area contributed by atoms with Crippen LogP contribution >= 0.6 is 0 Å². The molecule has 0 aliphatic heterocycles. The smallest absolute Gasteiger partial charge is 0.322 e. The predicted octanol–water partition coefficient (Wildman–Crippen LogP) is 5.22. The van der Waals surface area contributed by atoms with Crippen LogP contribution in [0.1, 0.15) is 119 Å². The van der Waals surface area contributed by atoms with E-state index in [-0.39, 0.29) is 57.8 Å². The number of carboxylic acid groups (broad SMARTS) is 1. The van der Waals surface area contributed by atoms with Gasteiger partial charge in [-0.05, 0) is 109 Å². The third-order valence-electron chi connectivity index (χ3n) is 14.3. The summed E-state index contributed by atoms with van der Waals surface area (Å²) in [5, 5.41) is 36.5. The van der Waals surface area contributed by atoms with E-state index in [1.807, 2.05) is 0 Å². The van der Waals surface area contributed by atoms with E-state index in [4.69, 9.17) is 5.11 Å². The molecule has 2 amide bonds. The number of carbonyl (C=O) groups excluding carboxylic acids is 2. The van der Waals surface area contributed by atoms with Crippen LogP contribution in [0.2, 0.25) is 0 Å². The summed E-state index contributed by atoms with van der Waals surface area (Å²) >= 11 is 0. The molecule has 9 atom stereocenters. The molecule has 44 heavy (non-hydrogen) atoms. The molecule has 0 unspecified atom stereocenters. The lowest BCUT2D eigenvalue weighted by Gasteiger charge is -2.71. The molecule has 0 spiro atoms. The van der Waals surface area contributed by atoms with Crippen molar-refractivity contribution in [3.8, 4) is 0 Å². The largest absolute Gasteiger partial charge is 0.480 e. The van der Waals surface area contributed by atoms with E-state index >= 15 is 0 Å². The van der Waals surface area contributed by atoms with Crippen molar-refractivity contribution in [2.24, 2.45) is 50.2 Å². The second-order valence-electron chi connectivity index (χ2n) is 17.4. The highest BCUT2D eigenvalue weighted by Crippen LogP contribution is 2.75. The molecule has 5 N–H and O–H groups in total. The van der Waals surface area contributed by atoms with Gasteiger partial charge >= 0.3 is 5.97 Å². The first kappa shape index (κ1) is 33.4. The standard InChI is InChI=1S/C36H58N2O6/c1-31(2)14-16-36(30(44)37-18-8-9-27(40)38-21-28(41)42)17-15-34(6)22(23(36)19-31)10-11-26-33(5)20-24(39)29(43)32(3,4)25(33)12-13-35(26,34)7/h10,23-26,29,39,43H,8-9,11-21H2,1-7H3,(H,37,44)(H,38,40)(H,41,42)/t23-,24+,25-,26+,29-,33-,34+,35+,36-/m0/s1. The maximum atomic E-state index is 14.2. The van der Waals surface area contributed by atoms with Crippen molar-refractivity contribution >= 4 is 17.8 Å². The lowest BCUT2D eigenvalue weighted by Crippen LogP contribution is -2.67. The van der Waals surface area contributed by atoms with E-state index in [1.54, 1.807) is 0 Å². The van der Waals surface area contributed by atoms with Crippen LogP contribution in [0.25, 0.3) is 0 Å². The minimum atomic E-state index is -1.07. The molecule has 0 aromatic rings. The monoisotopic (exact) mass is 614 g/mol. The van der Waals surface area contributed by atoms with E-state index < -0.39 is 23.6 Å². The molecule has 4 fully saturated rings. The first-order chi connectivity index (χ1) is 20.3. The van der Waals surface area contributed by atoms with Gasteiger partial charge in [-0.2, -0.15) is 0 Å². The van der Waals surface area contributed by atoms with Crippen molar-refractivity contribution in [1.29, 1.82) is 0 Å². The molecular formula is C36H58N2O6. The molecule has 0 heterocycles. The van der Waals surface area contributed by atoms with Crippen LogP contribution in [0.15, 0.2) is 11.6 Å². The van der Waals surface area contributed by atoms with Gasteiger partial charge in [-0.1, -0.05) is 60.1 Å². The number of allylic oxidation sites excluding steroid dienone is 2. The molecule has 5 aliphatic rings. The Morgan fingerprint density at radius 2 is 1.57 bits per heavy atom. The molecule has 0 saturated heterocycles. The molecule has 5 aliphatic carbocycles. The summed E-state index contributed by atoms with van der Waals surface area (Å²) in [5.41, 5.74) is 0.746. The van der Waals surface area contributed by atoms with Crippen LogP contribution in [0.3, 0.4) is 0 Å². The Morgan fingerprint density at radius 1 is 0.886 bits per heavy atom. The Bertz CT molecular complexity index is 1210. The summed E-state index contributed by atoms with van der Waals surface area (Å²) in [6.45, 7) is 16.4. The van der Waals surface area contributed by atoms with Crippen molar-refractivity contribution < 1.29 is 29.7 Å². The first-order valence-electron chi connectivity index (χ1n) is 17.2. The second kappa shape index (κ2) is 11.1. The molecule has 5 rings (SSSR count). The minimum absolute atomic E-state index is 0.0357. The number of fused-ring (bicyclic) bond motifs is 7. The number of nitrogens with one attached hydrogen (secondary N) is 2.